The third-order valence-corrected chi connectivity index (χ3v) is 2.54. The van der Waals surface area contributed by atoms with E-state index in [9.17, 15) is 14.0 Å². The standard InChI is InChI=1S/C12H8ClFN2O2/c13-9-2-1-8(14)6-10(9)16-12(18)7-3-4-15-11(17)5-7/h1-6H,(H,15,17)(H,16,18). The van der Waals surface area contributed by atoms with Gasteiger partial charge in [-0.25, -0.2) is 4.39 Å². The van der Waals surface area contributed by atoms with Gasteiger partial charge in [-0.2, -0.15) is 0 Å². The molecule has 2 N–H and O–H groups in total. The quantitative estimate of drug-likeness (QED) is 0.877. The van der Waals surface area contributed by atoms with E-state index in [0.29, 0.717) is 0 Å². The smallest absolute Gasteiger partial charge is 0.255 e. The number of halogens is 2. The molecule has 0 bridgehead atoms. The van der Waals surface area contributed by atoms with Gasteiger partial charge in [0.25, 0.3) is 5.91 Å². The van der Waals surface area contributed by atoms with E-state index in [1.54, 1.807) is 0 Å². The van der Waals surface area contributed by atoms with Crippen LogP contribution in [0, 0.1) is 5.82 Å². The lowest BCUT2D eigenvalue weighted by Gasteiger charge is -2.06. The molecule has 4 nitrogen and oxygen atoms in total. The Bertz CT molecular complexity index is 655. The predicted molar refractivity (Wildman–Crippen MR) is 66.4 cm³/mol. The summed E-state index contributed by atoms with van der Waals surface area (Å²) in [5, 5.41) is 2.65. The van der Waals surface area contributed by atoms with Crippen molar-refractivity contribution in [1.82, 2.24) is 4.98 Å². The minimum Gasteiger partial charge on any atom is -0.329 e. The molecule has 1 aromatic heterocycles. The van der Waals surface area contributed by atoms with Crippen molar-refractivity contribution in [3.05, 3.63) is 63.3 Å². The average Bonchev–Trinajstić information content (AvgIpc) is 2.34. The van der Waals surface area contributed by atoms with Crippen molar-refractivity contribution < 1.29 is 9.18 Å². The molecule has 0 aliphatic carbocycles. The van der Waals surface area contributed by atoms with Crippen molar-refractivity contribution in [3.8, 4) is 0 Å². The van der Waals surface area contributed by atoms with Gasteiger partial charge in [0.1, 0.15) is 5.82 Å². The van der Waals surface area contributed by atoms with Gasteiger partial charge >= 0.3 is 0 Å². The van der Waals surface area contributed by atoms with E-state index in [2.05, 4.69) is 10.3 Å². The minimum atomic E-state index is -0.534. The van der Waals surface area contributed by atoms with Gasteiger partial charge in [0.05, 0.1) is 10.7 Å². The number of rotatable bonds is 2. The average molecular weight is 267 g/mol. The van der Waals surface area contributed by atoms with Gasteiger partial charge in [-0.15, -0.1) is 0 Å². The maximum Gasteiger partial charge on any atom is 0.255 e. The van der Waals surface area contributed by atoms with Crippen LogP contribution in [0.15, 0.2) is 41.3 Å². The zero-order chi connectivity index (χ0) is 13.1. The molecule has 1 aromatic carbocycles. The van der Waals surface area contributed by atoms with Gasteiger partial charge in [-0.1, -0.05) is 11.6 Å². The molecule has 0 unspecified atom stereocenters. The molecule has 0 aliphatic rings. The lowest BCUT2D eigenvalue weighted by atomic mass is 10.2. The Morgan fingerprint density at radius 2 is 2.06 bits per heavy atom. The Morgan fingerprint density at radius 1 is 1.28 bits per heavy atom. The molecule has 0 fully saturated rings. The van der Waals surface area contributed by atoms with E-state index in [4.69, 9.17) is 11.6 Å². The first-order valence-electron chi connectivity index (χ1n) is 5.01. The first-order valence-corrected chi connectivity index (χ1v) is 5.39. The zero-order valence-corrected chi connectivity index (χ0v) is 9.79. The number of pyridine rings is 1. The fraction of sp³-hybridized carbons (Fsp3) is 0. The summed E-state index contributed by atoms with van der Waals surface area (Å²) < 4.78 is 13.0. The number of carbonyl (C=O) groups is 1. The van der Waals surface area contributed by atoms with Crippen LogP contribution in [0.5, 0.6) is 0 Å². The number of H-pyrrole nitrogens is 1. The second kappa shape index (κ2) is 5.01. The van der Waals surface area contributed by atoms with Gasteiger partial charge in [-0.3, -0.25) is 9.59 Å². The highest BCUT2D eigenvalue weighted by atomic mass is 35.5. The molecule has 0 aliphatic heterocycles. The van der Waals surface area contributed by atoms with Crippen molar-refractivity contribution in [3.63, 3.8) is 0 Å². The summed E-state index contributed by atoms with van der Waals surface area (Å²) in [6.45, 7) is 0. The summed E-state index contributed by atoms with van der Waals surface area (Å²) in [6, 6.07) is 6.20. The van der Waals surface area contributed by atoms with E-state index in [0.717, 1.165) is 12.1 Å². The zero-order valence-electron chi connectivity index (χ0n) is 9.04. The van der Waals surface area contributed by atoms with Crippen LogP contribution in [-0.2, 0) is 0 Å². The van der Waals surface area contributed by atoms with E-state index in [-0.39, 0.29) is 16.3 Å². The Hall–Kier alpha value is -2.14. The Morgan fingerprint density at radius 3 is 2.78 bits per heavy atom. The van der Waals surface area contributed by atoms with Crippen LogP contribution in [0.1, 0.15) is 10.4 Å². The highest BCUT2D eigenvalue weighted by molar-refractivity contribution is 6.33. The maximum atomic E-state index is 13.0. The number of nitrogens with one attached hydrogen (secondary N) is 2. The molecule has 18 heavy (non-hydrogen) atoms. The molecular weight excluding hydrogens is 259 g/mol. The molecule has 1 amide bonds. The Kier molecular flexibility index (Phi) is 3.43. The van der Waals surface area contributed by atoms with E-state index in [1.165, 1.54) is 24.4 Å². The van der Waals surface area contributed by atoms with Crippen molar-refractivity contribution in [1.29, 1.82) is 0 Å². The largest absolute Gasteiger partial charge is 0.329 e. The summed E-state index contributed by atoms with van der Waals surface area (Å²) in [7, 11) is 0. The topological polar surface area (TPSA) is 62.0 Å². The van der Waals surface area contributed by atoms with Crippen molar-refractivity contribution in [2.75, 3.05) is 5.32 Å². The summed E-state index contributed by atoms with van der Waals surface area (Å²) in [6.07, 6.45) is 1.35. The third kappa shape index (κ3) is 2.75. The van der Waals surface area contributed by atoms with Crippen LogP contribution in [0.2, 0.25) is 5.02 Å². The molecule has 6 heteroatoms. The summed E-state index contributed by atoms with van der Waals surface area (Å²) >= 11 is 5.81. The highest BCUT2D eigenvalue weighted by Crippen LogP contribution is 2.22. The molecule has 92 valence electrons. The van der Waals surface area contributed by atoms with Crippen LogP contribution in [0.3, 0.4) is 0 Å². The molecule has 2 rings (SSSR count). The first kappa shape index (κ1) is 12.3. The van der Waals surface area contributed by atoms with Gasteiger partial charge in [0.2, 0.25) is 5.56 Å². The van der Waals surface area contributed by atoms with Crippen LogP contribution < -0.4 is 10.9 Å². The molecule has 2 aromatic rings. The maximum absolute atomic E-state index is 13.0. The number of amides is 1. The molecule has 0 radical (unpaired) electrons. The summed E-state index contributed by atoms with van der Waals surface area (Å²) in [5.41, 5.74) is -0.0750. The number of hydrogen-bond acceptors (Lipinski definition) is 2. The van der Waals surface area contributed by atoms with Gasteiger partial charge in [-0.05, 0) is 24.3 Å². The number of carbonyl (C=O) groups excluding carboxylic acids is 1. The van der Waals surface area contributed by atoms with E-state index < -0.39 is 17.3 Å². The molecule has 0 spiro atoms. The number of aromatic nitrogens is 1. The van der Waals surface area contributed by atoms with Crippen molar-refractivity contribution >= 4 is 23.2 Å². The third-order valence-electron chi connectivity index (χ3n) is 2.21. The summed E-state index contributed by atoms with van der Waals surface area (Å²) in [5.74, 6) is -1.05. The predicted octanol–water partition coefficient (Wildman–Crippen LogP) is 2.42. The fourth-order valence-corrected chi connectivity index (χ4v) is 1.54. The van der Waals surface area contributed by atoms with Crippen LogP contribution in [0.25, 0.3) is 0 Å². The van der Waals surface area contributed by atoms with Gasteiger partial charge in [0, 0.05) is 17.8 Å². The SMILES string of the molecule is O=C(Nc1cc(F)ccc1Cl)c1cc[nH]c(=O)c1. The van der Waals surface area contributed by atoms with Crippen molar-refractivity contribution in [2.45, 2.75) is 0 Å². The second-order valence-electron chi connectivity index (χ2n) is 3.52. The minimum absolute atomic E-state index is 0.155. The molecule has 0 saturated heterocycles. The molecule has 0 saturated carbocycles. The van der Waals surface area contributed by atoms with Crippen LogP contribution in [0.4, 0.5) is 10.1 Å². The van der Waals surface area contributed by atoms with Gasteiger partial charge in [0.15, 0.2) is 0 Å². The molecule has 1 heterocycles. The summed E-state index contributed by atoms with van der Waals surface area (Å²) in [4.78, 5) is 25.2. The van der Waals surface area contributed by atoms with Crippen LogP contribution in [-0.4, -0.2) is 10.9 Å². The van der Waals surface area contributed by atoms with Crippen LogP contribution >= 0.6 is 11.6 Å². The number of aromatic amines is 1. The number of hydrogen-bond donors (Lipinski definition) is 2. The number of anilines is 1. The van der Waals surface area contributed by atoms with Crippen molar-refractivity contribution in [2.24, 2.45) is 0 Å². The fourth-order valence-electron chi connectivity index (χ4n) is 1.37. The normalized spacial score (nSPS) is 10.1. The lowest BCUT2D eigenvalue weighted by Crippen LogP contribution is -2.15. The highest BCUT2D eigenvalue weighted by Gasteiger charge is 2.09. The van der Waals surface area contributed by atoms with Gasteiger partial charge < -0.3 is 10.3 Å². The monoisotopic (exact) mass is 266 g/mol. The van der Waals surface area contributed by atoms with E-state index in [1.807, 2.05) is 0 Å². The second-order valence-corrected chi connectivity index (χ2v) is 3.93. The number of benzene rings is 1. The first-order chi connectivity index (χ1) is 8.56. The van der Waals surface area contributed by atoms with E-state index >= 15 is 0 Å². The molecule has 0 atom stereocenters. The Labute approximate surface area is 106 Å². The Balaban J connectivity index is 2.26. The molecular formula is C12H8ClFN2O2. The lowest BCUT2D eigenvalue weighted by molar-refractivity contribution is 0.102.